The Morgan fingerprint density at radius 1 is 1.32 bits per heavy atom. The molecule has 0 aromatic heterocycles. The van der Waals surface area contributed by atoms with E-state index in [1.807, 2.05) is 0 Å². The van der Waals surface area contributed by atoms with Crippen LogP contribution in [0.25, 0.3) is 0 Å². The quantitative estimate of drug-likeness (QED) is 0.840. The lowest BCUT2D eigenvalue weighted by molar-refractivity contribution is -0.142. The van der Waals surface area contributed by atoms with E-state index >= 15 is 0 Å². The van der Waals surface area contributed by atoms with Crippen molar-refractivity contribution in [2.75, 3.05) is 13.7 Å². The van der Waals surface area contributed by atoms with Crippen molar-refractivity contribution in [3.05, 3.63) is 34.9 Å². The van der Waals surface area contributed by atoms with Gasteiger partial charge in [-0.05, 0) is 44.9 Å². The summed E-state index contributed by atoms with van der Waals surface area (Å²) in [6.07, 6.45) is -0.117. The van der Waals surface area contributed by atoms with Crippen LogP contribution in [0.5, 0.6) is 0 Å². The van der Waals surface area contributed by atoms with Gasteiger partial charge in [0.1, 0.15) is 5.60 Å². The monoisotopic (exact) mass is 327 g/mol. The standard InChI is InChI=1S/C16H22ClNO4/c1-16(2,3)22-15(20)18-9-8-13(14(19)21-4)11-6-5-7-12(17)10-11/h5-7,10,13H,8-9H2,1-4H3,(H,18,20). The maximum absolute atomic E-state index is 11.9. The fraction of sp³-hybridized carbons (Fsp3) is 0.500. The molecule has 1 N–H and O–H groups in total. The van der Waals surface area contributed by atoms with Crippen molar-refractivity contribution in [1.82, 2.24) is 5.32 Å². The molecule has 0 fully saturated rings. The zero-order valence-electron chi connectivity index (χ0n) is 13.3. The highest BCUT2D eigenvalue weighted by molar-refractivity contribution is 6.30. The molecule has 6 heteroatoms. The second kappa shape index (κ2) is 8.03. The van der Waals surface area contributed by atoms with E-state index in [9.17, 15) is 9.59 Å². The first-order valence-corrected chi connectivity index (χ1v) is 7.41. The van der Waals surface area contributed by atoms with Gasteiger partial charge >= 0.3 is 12.1 Å². The highest BCUT2D eigenvalue weighted by Crippen LogP contribution is 2.23. The molecule has 0 radical (unpaired) electrons. The summed E-state index contributed by atoms with van der Waals surface area (Å²) in [6.45, 7) is 5.66. The maximum Gasteiger partial charge on any atom is 0.407 e. The molecule has 1 aromatic carbocycles. The number of hydrogen-bond donors (Lipinski definition) is 1. The molecular formula is C16H22ClNO4. The predicted octanol–water partition coefficient (Wildman–Crippen LogP) is 3.51. The molecule has 0 saturated carbocycles. The van der Waals surface area contributed by atoms with Gasteiger partial charge in [-0.2, -0.15) is 0 Å². The van der Waals surface area contributed by atoms with E-state index in [0.717, 1.165) is 5.56 Å². The van der Waals surface area contributed by atoms with Gasteiger partial charge in [-0.3, -0.25) is 4.79 Å². The summed E-state index contributed by atoms with van der Waals surface area (Å²) in [4.78, 5) is 23.5. The molecule has 0 aliphatic rings. The van der Waals surface area contributed by atoms with Gasteiger partial charge in [0.05, 0.1) is 13.0 Å². The average molecular weight is 328 g/mol. The van der Waals surface area contributed by atoms with Crippen LogP contribution in [0.2, 0.25) is 5.02 Å². The van der Waals surface area contributed by atoms with E-state index in [1.54, 1.807) is 45.0 Å². The Morgan fingerprint density at radius 2 is 2.00 bits per heavy atom. The van der Waals surface area contributed by atoms with Crippen LogP contribution in [0.15, 0.2) is 24.3 Å². The normalized spacial score (nSPS) is 12.4. The molecule has 1 rings (SSSR count). The second-order valence-electron chi connectivity index (χ2n) is 5.85. The molecule has 1 aromatic rings. The minimum atomic E-state index is -0.557. The van der Waals surface area contributed by atoms with Crippen molar-refractivity contribution in [3.63, 3.8) is 0 Å². The number of ether oxygens (including phenoxy) is 2. The van der Waals surface area contributed by atoms with Crippen LogP contribution >= 0.6 is 11.6 Å². The number of halogens is 1. The third-order valence-electron chi connectivity index (χ3n) is 2.84. The number of amides is 1. The molecule has 0 bridgehead atoms. The largest absolute Gasteiger partial charge is 0.469 e. The van der Waals surface area contributed by atoms with Crippen molar-refractivity contribution in [1.29, 1.82) is 0 Å². The van der Waals surface area contributed by atoms with Gasteiger partial charge in [0.25, 0.3) is 0 Å². The van der Waals surface area contributed by atoms with E-state index < -0.39 is 17.6 Å². The first-order chi connectivity index (χ1) is 10.2. The van der Waals surface area contributed by atoms with E-state index in [4.69, 9.17) is 21.1 Å². The minimum Gasteiger partial charge on any atom is -0.469 e. The Bertz CT molecular complexity index is 525. The Balaban J connectivity index is 2.64. The van der Waals surface area contributed by atoms with Gasteiger partial charge in [0.15, 0.2) is 0 Å². The highest BCUT2D eigenvalue weighted by atomic mass is 35.5. The van der Waals surface area contributed by atoms with Gasteiger partial charge in [-0.25, -0.2) is 4.79 Å². The average Bonchev–Trinajstić information content (AvgIpc) is 2.41. The lowest BCUT2D eigenvalue weighted by atomic mass is 9.96. The van der Waals surface area contributed by atoms with Crippen LogP contribution in [0, 0.1) is 0 Å². The van der Waals surface area contributed by atoms with Crippen LogP contribution < -0.4 is 5.32 Å². The Labute approximate surface area is 135 Å². The summed E-state index contributed by atoms with van der Waals surface area (Å²) in [5.74, 6) is -0.855. The number of benzene rings is 1. The van der Waals surface area contributed by atoms with E-state index in [2.05, 4.69) is 5.32 Å². The number of carbonyl (C=O) groups is 2. The molecule has 122 valence electrons. The van der Waals surface area contributed by atoms with Gasteiger partial charge in [-0.1, -0.05) is 23.7 Å². The molecule has 5 nitrogen and oxygen atoms in total. The number of esters is 1. The number of alkyl carbamates (subject to hydrolysis) is 1. The molecular weight excluding hydrogens is 306 g/mol. The van der Waals surface area contributed by atoms with Gasteiger partial charge in [-0.15, -0.1) is 0 Å². The summed E-state index contributed by atoms with van der Waals surface area (Å²) < 4.78 is 9.96. The van der Waals surface area contributed by atoms with Gasteiger partial charge < -0.3 is 14.8 Å². The van der Waals surface area contributed by atoms with Crippen LogP contribution in [-0.2, 0) is 14.3 Å². The summed E-state index contributed by atoms with van der Waals surface area (Å²) in [5, 5.41) is 3.18. The van der Waals surface area contributed by atoms with Crippen molar-refractivity contribution in [3.8, 4) is 0 Å². The molecule has 0 heterocycles. The number of nitrogens with one attached hydrogen (secondary N) is 1. The van der Waals surface area contributed by atoms with Crippen LogP contribution in [-0.4, -0.2) is 31.3 Å². The summed E-state index contributed by atoms with van der Waals surface area (Å²) in [7, 11) is 1.33. The Morgan fingerprint density at radius 3 is 2.55 bits per heavy atom. The molecule has 0 saturated heterocycles. The summed E-state index contributed by atoms with van der Waals surface area (Å²) in [5.41, 5.74) is 0.198. The van der Waals surface area contributed by atoms with Crippen LogP contribution in [0.3, 0.4) is 0 Å². The number of carbonyl (C=O) groups excluding carboxylic acids is 2. The molecule has 1 amide bonds. The molecule has 1 atom stereocenters. The zero-order chi connectivity index (χ0) is 16.8. The smallest absolute Gasteiger partial charge is 0.407 e. The predicted molar refractivity (Wildman–Crippen MR) is 85.1 cm³/mol. The molecule has 0 aliphatic carbocycles. The lowest BCUT2D eigenvalue weighted by Crippen LogP contribution is -2.34. The molecule has 22 heavy (non-hydrogen) atoms. The minimum absolute atomic E-state index is 0.293. The van der Waals surface area contributed by atoms with Crippen LogP contribution in [0.1, 0.15) is 38.7 Å². The van der Waals surface area contributed by atoms with E-state index in [-0.39, 0.29) is 5.97 Å². The Hall–Kier alpha value is -1.75. The fourth-order valence-corrected chi connectivity index (χ4v) is 2.12. The third-order valence-corrected chi connectivity index (χ3v) is 3.07. The number of hydrogen-bond acceptors (Lipinski definition) is 4. The first-order valence-electron chi connectivity index (χ1n) is 7.03. The number of methoxy groups -OCH3 is 1. The maximum atomic E-state index is 11.9. The lowest BCUT2D eigenvalue weighted by Gasteiger charge is -2.20. The molecule has 1 unspecified atom stereocenters. The van der Waals surface area contributed by atoms with Crippen molar-refractivity contribution >= 4 is 23.7 Å². The van der Waals surface area contributed by atoms with Crippen molar-refractivity contribution in [2.45, 2.75) is 38.7 Å². The Kier molecular flexibility index (Phi) is 6.68. The molecule has 0 spiro atoms. The summed E-state index contributed by atoms with van der Waals surface area (Å²) >= 11 is 5.95. The highest BCUT2D eigenvalue weighted by Gasteiger charge is 2.22. The van der Waals surface area contributed by atoms with E-state index in [0.29, 0.717) is 18.0 Å². The fourth-order valence-electron chi connectivity index (χ4n) is 1.92. The number of rotatable bonds is 5. The van der Waals surface area contributed by atoms with E-state index in [1.165, 1.54) is 7.11 Å². The second-order valence-corrected chi connectivity index (χ2v) is 6.28. The van der Waals surface area contributed by atoms with Crippen LogP contribution in [0.4, 0.5) is 4.79 Å². The van der Waals surface area contributed by atoms with Gasteiger partial charge in [0.2, 0.25) is 0 Å². The zero-order valence-corrected chi connectivity index (χ0v) is 14.1. The molecule has 0 aliphatic heterocycles. The van der Waals surface area contributed by atoms with Crippen molar-refractivity contribution in [2.24, 2.45) is 0 Å². The SMILES string of the molecule is COC(=O)C(CCNC(=O)OC(C)(C)C)c1cccc(Cl)c1. The van der Waals surface area contributed by atoms with Crippen molar-refractivity contribution < 1.29 is 19.1 Å². The summed E-state index contributed by atoms with van der Waals surface area (Å²) in [6, 6.07) is 7.03. The van der Waals surface area contributed by atoms with Gasteiger partial charge in [0, 0.05) is 11.6 Å². The third kappa shape index (κ3) is 6.35. The topological polar surface area (TPSA) is 64.6 Å². The first kappa shape index (κ1) is 18.3.